The van der Waals surface area contributed by atoms with Gasteiger partial charge in [-0.15, -0.1) is 0 Å². The van der Waals surface area contributed by atoms with Gasteiger partial charge in [0.15, 0.2) is 0 Å². The number of carbonyl (C=O) groups is 1. The number of nitrogens with one attached hydrogen (secondary N) is 1. The fraction of sp³-hybridized carbons (Fsp3) is 0.667. The number of rotatable bonds is 6. The van der Waals surface area contributed by atoms with E-state index in [4.69, 9.17) is 4.74 Å². The van der Waals surface area contributed by atoms with E-state index in [1.165, 1.54) is 5.56 Å². The van der Waals surface area contributed by atoms with Crippen molar-refractivity contribution in [2.75, 3.05) is 19.6 Å². The summed E-state index contributed by atoms with van der Waals surface area (Å²) in [7, 11) is 0. The van der Waals surface area contributed by atoms with Crippen LogP contribution in [0.4, 0.5) is 4.79 Å². The molecule has 4 heteroatoms. The van der Waals surface area contributed by atoms with Crippen LogP contribution in [0.25, 0.3) is 0 Å². The van der Waals surface area contributed by atoms with Crippen LogP contribution in [-0.2, 0) is 4.74 Å². The molecular weight excluding hydrogens is 312 g/mol. The summed E-state index contributed by atoms with van der Waals surface area (Å²) in [6.07, 6.45) is 1.99. The van der Waals surface area contributed by atoms with Crippen molar-refractivity contribution in [2.45, 2.75) is 59.1 Å². The third-order valence-electron chi connectivity index (χ3n) is 4.68. The van der Waals surface area contributed by atoms with Crippen LogP contribution < -0.4 is 5.32 Å². The van der Waals surface area contributed by atoms with Gasteiger partial charge >= 0.3 is 6.09 Å². The van der Waals surface area contributed by atoms with Crippen molar-refractivity contribution in [1.29, 1.82) is 0 Å². The van der Waals surface area contributed by atoms with Gasteiger partial charge in [0.05, 0.1) is 0 Å². The highest BCUT2D eigenvalue weighted by molar-refractivity contribution is 5.68. The highest BCUT2D eigenvalue weighted by Gasteiger charge is 2.29. The van der Waals surface area contributed by atoms with Gasteiger partial charge in [-0.25, -0.2) is 4.79 Å². The molecule has 0 radical (unpaired) electrons. The van der Waals surface area contributed by atoms with Crippen molar-refractivity contribution in [3.8, 4) is 0 Å². The second-order valence-corrected chi connectivity index (χ2v) is 8.46. The Hall–Kier alpha value is -1.55. The Labute approximate surface area is 152 Å². The maximum atomic E-state index is 12.2. The van der Waals surface area contributed by atoms with E-state index in [9.17, 15) is 4.79 Å². The van der Waals surface area contributed by atoms with Crippen molar-refractivity contribution in [1.82, 2.24) is 10.2 Å². The minimum Gasteiger partial charge on any atom is -0.444 e. The van der Waals surface area contributed by atoms with Gasteiger partial charge in [-0.2, -0.15) is 0 Å². The number of benzene rings is 1. The second-order valence-electron chi connectivity index (χ2n) is 8.46. The lowest BCUT2D eigenvalue weighted by Gasteiger charge is -2.25. The molecule has 0 aliphatic carbocycles. The molecule has 1 heterocycles. The molecule has 1 amide bonds. The Kier molecular flexibility index (Phi) is 6.88. The third kappa shape index (κ3) is 6.35. The Bertz CT molecular complexity index is 537. The molecule has 0 spiro atoms. The number of ether oxygens (including phenoxy) is 1. The van der Waals surface area contributed by atoms with Crippen molar-refractivity contribution in [3.05, 3.63) is 35.9 Å². The van der Waals surface area contributed by atoms with Crippen molar-refractivity contribution in [2.24, 2.45) is 11.8 Å². The van der Waals surface area contributed by atoms with Gasteiger partial charge in [0.1, 0.15) is 5.60 Å². The van der Waals surface area contributed by atoms with Crippen molar-refractivity contribution >= 4 is 6.09 Å². The Morgan fingerprint density at radius 3 is 2.56 bits per heavy atom. The van der Waals surface area contributed by atoms with Gasteiger partial charge in [0.2, 0.25) is 0 Å². The highest BCUT2D eigenvalue weighted by Crippen LogP contribution is 2.24. The fourth-order valence-corrected chi connectivity index (χ4v) is 3.40. The Morgan fingerprint density at radius 1 is 1.28 bits per heavy atom. The van der Waals surface area contributed by atoms with E-state index >= 15 is 0 Å². The quantitative estimate of drug-likeness (QED) is 0.817. The summed E-state index contributed by atoms with van der Waals surface area (Å²) in [5, 5.41) is 3.71. The molecule has 1 aromatic carbocycles. The van der Waals surface area contributed by atoms with E-state index in [-0.39, 0.29) is 6.09 Å². The Morgan fingerprint density at radius 2 is 1.96 bits per heavy atom. The average Bonchev–Trinajstić information content (AvgIpc) is 2.99. The van der Waals surface area contributed by atoms with Crippen molar-refractivity contribution in [3.63, 3.8) is 0 Å². The van der Waals surface area contributed by atoms with Gasteiger partial charge in [0, 0.05) is 19.1 Å². The van der Waals surface area contributed by atoms with Crippen LogP contribution in [0.2, 0.25) is 0 Å². The molecule has 1 aliphatic rings. The first-order valence-electron chi connectivity index (χ1n) is 9.52. The molecule has 0 aromatic heterocycles. The van der Waals surface area contributed by atoms with Crippen LogP contribution in [0.15, 0.2) is 30.3 Å². The first-order valence-corrected chi connectivity index (χ1v) is 9.52. The first kappa shape index (κ1) is 19.8. The summed E-state index contributed by atoms with van der Waals surface area (Å²) in [5.74, 6) is 1.10. The zero-order valence-electron chi connectivity index (χ0n) is 16.4. The van der Waals surface area contributed by atoms with Crippen LogP contribution >= 0.6 is 0 Å². The average molecular weight is 347 g/mol. The zero-order valence-corrected chi connectivity index (χ0v) is 16.4. The first-order chi connectivity index (χ1) is 11.8. The molecular formula is C21H34N2O2. The summed E-state index contributed by atoms with van der Waals surface area (Å²) >= 11 is 0. The van der Waals surface area contributed by atoms with Crippen LogP contribution in [0.3, 0.4) is 0 Å². The van der Waals surface area contributed by atoms with Crippen LogP contribution in [-0.4, -0.2) is 36.2 Å². The highest BCUT2D eigenvalue weighted by atomic mass is 16.6. The third-order valence-corrected chi connectivity index (χ3v) is 4.68. The molecule has 0 bridgehead atoms. The summed E-state index contributed by atoms with van der Waals surface area (Å²) in [6.45, 7) is 12.9. The number of hydrogen-bond donors (Lipinski definition) is 1. The number of likely N-dealkylation sites (tertiary alicyclic amines) is 1. The summed E-state index contributed by atoms with van der Waals surface area (Å²) in [4.78, 5) is 14.0. The predicted octanol–water partition coefficient (Wildman–Crippen LogP) is 4.62. The molecule has 1 fully saturated rings. The van der Waals surface area contributed by atoms with E-state index in [0.29, 0.717) is 17.9 Å². The number of nitrogens with zero attached hydrogens (tertiary/aromatic N) is 1. The van der Waals surface area contributed by atoms with Gasteiger partial charge in [-0.3, -0.25) is 0 Å². The van der Waals surface area contributed by atoms with Crippen molar-refractivity contribution < 1.29 is 9.53 Å². The maximum Gasteiger partial charge on any atom is 0.410 e. The molecule has 140 valence electrons. The maximum absolute atomic E-state index is 12.2. The van der Waals surface area contributed by atoms with Gasteiger partial charge in [-0.05, 0) is 57.6 Å². The van der Waals surface area contributed by atoms with E-state index in [0.717, 1.165) is 32.5 Å². The summed E-state index contributed by atoms with van der Waals surface area (Å²) in [5.41, 5.74) is 0.927. The largest absolute Gasteiger partial charge is 0.444 e. The van der Waals surface area contributed by atoms with Gasteiger partial charge < -0.3 is 15.0 Å². The topological polar surface area (TPSA) is 41.6 Å². The van der Waals surface area contributed by atoms with E-state index in [1.54, 1.807) is 0 Å². The molecule has 1 saturated heterocycles. The van der Waals surface area contributed by atoms with Crippen LogP contribution in [0.1, 0.15) is 59.1 Å². The molecule has 1 N–H and O–H groups in total. The zero-order chi connectivity index (χ0) is 18.4. The van der Waals surface area contributed by atoms with Crippen LogP contribution in [0, 0.1) is 11.8 Å². The summed E-state index contributed by atoms with van der Waals surface area (Å²) < 4.78 is 5.47. The molecule has 1 aromatic rings. The number of hydrogen-bond acceptors (Lipinski definition) is 3. The molecule has 4 nitrogen and oxygen atoms in total. The fourth-order valence-electron chi connectivity index (χ4n) is 3.40. The van der Waals surface area contributed by atoms with E-state index in [1.807, 2.05) is 25.7 Å². The molecule has 2 atom stereocenters. The smallest absolute Gasteiger partial charge is 0.410 e. The minimum absolute atomic E-state index is 0.174. The van der Waals surface area contributed by atoms with E-state index < -0.39 is 5.60 Å². The number of amides is 1. The van der Waals surface area contributed by atoms with Crippen LogP contribution in [0.5, 0.6) is 0 Å². The SMILES string of the molecule is CC(C)C(NCCC1CCN(C(=O)OC(C)(C)C)C1)c1ccccc1. The molecule has 0 saturated carbocycles. The standard InChI is InChI=1S/C21H34N2O2/c1-16(2)19(18-9-7-6-8-10-18)22-13-11-17-12-14-23(15-17)20(24)25-21(3,4)5/h6-10,16-17,19,22H,11-15H2,1-5H3. The second kappa shape index (κ2) is 8.70. The van der Waals surface area contributed by atoms with Gasteiger partial charge in [0.25, 0.3) is 0 Å². The molecule has 25 heavy (non-hydrogen) atoms. The minimum atomic E-state index is -0.420. The lowest BCUT2D eigenvalue weighted by atomic mass is 9.95. The summed E-state index contributed by atoms with van der Waals surface area (Å²) in [6, 6.07) is 11.0. The monoisotopic (exact) mass is 346 g/mol. The predicted molar refractivity (Wildman–Crippen MR) is 103 cm³/mol. The number of carbonyl (C=O) groups excluding carboxylic acids is 1. The normalized spacial score (nSPS) is 19.3. The lowest BCUT2D eigenvalue weighted by Crippen LogP contribution is -2.35. The Balaban J connectivity index is 1.77. The molecule has 2 unspecified atom stereocenters. The molecule has 1 aliphatic heterocycles. The lowest BCUT2D eigenvalue weighted by molar-refractivity contribution is 0.0287. The molecule has 2 rings (SSSR count). The van der Waals surface area contributed by atoms with Gasteiger partial charge in [-0.1, -0.05) is 44.2 Å². The van der Waals surface area contributed by atoms with E-state index in [2.05, 4.69) is 49.5 Å².